The third-order valence-electron chi connectivity index (χ3n) is 7.88. The highest BCUT2D eigenvalue weighted by atomic mass is 31.2. The van der Waals surface area contributed by atoms with Gasteiger partial charge in [0, 0.05) is 14.2 Å². The molecule has 0 aromatic rings. The second kappa shape index (κ2) is 25.2. The van der Waals surface area contributed by atoms with Crippen LogP contribution in [-0.2, 0) is 46.5 Å². The zero-order chi connectivity index (χ0) is 38.1. The van der Waals surface area contributed by atoms with Gasteiger partial charge < -0.3 is 108 Å². The molecule has 13 N–H and O–H groups in total. The van der Waals surface area contributed by atoms with Crippen molar-refractivity contribution in [1.29, 1.82) is 0 Å². The molecule has 2 aliphatic heterocycles. The number of methoxy groups -OCH3 is 2. The van der Waals surface area contributed by atoms with Crippen LogP contribution in [0.3, 0.4) is 0 Å². The minimum absolute atomic E-state index is 0.211. The molecule has 24 heteroatoms. The number of nitrogens with two attached hydrogens (primary N) is 1. The Kier molecular flexibility index (Phi) is 23.3. The van der Waals surface area contributed by atoms with Crippen molar-refractivity contribution in [2.24, 2.45) is 5.73 Å². The van der Waals surface area contributed by atoms with Gasteiger partial charge in [0.05, 0.1) is 46.2 Å². The summed E-state index contributed by atoms with van der Waals surface area (Å²) in [6.45, 7) is -2.91. The maximum atomic E-state index is 10.4. The molecule has 2 fully saturated rings. The molecule has 0 aliphatic carbocycles. The van der Waals surface area contributed by atoms with Crippen LogP contribution in [0.1, 0.15) is 19.3 Å². The Bertz CT molecular complexity index is 910. The molecule has 16 unspecified atom stereocenters. The number of aliphatic hydroxyl groups excluding tert-OH is 9. The molecular formula is C27H55NO21P2. The number of rotatable bonds is 28. The zero-order valence-corrected chi connectivity index (χ0v) is 30.1. The number of hydrogen-bond donors (Lipinski definition) is 12. The molecule has 51 heavy (non-hydrogen) atoms. The van der Waals surface area contributed by atoms with E-state index in [4.69, 9.17) is 52.2 Å². The molecule has 2 heterocycles. The van der Waals surface area contributed by atoms with Crippen LogP contribution in [-0.4, -0.2) is 209 Å². The lowest BCUT2D eigenvalue weighted by Crippen LogP contribution is -2.44. The molecule has 0 saturated carbocycles. The van der Waals surface area contributed by atoms with E-state index in [9.17, 15) is 55.7 Å². The van der Waals surface area contributed by atoms with Crippen molar-refractivity contribution < 1.29 is 102 Å². The quantitative estimate of drug-likeness (QED) is 0.0261. The summed E-state index contributed by atoms with van der Waals surface area (Å²) in [7, 11) is -2.63. The van der Waals surface area contributed by atoms with Gasteiger partial charge in [-0.2, -0.15) is 0 Å². The smallest absolute Gasteiger partial charge is 0.330 e. The van der Waals surface area contributed by atoms with Crippen LogP contribution in [0.25, 0.3) is 0 Å². The molecule has 2 saturated heterocycles. The molecule has 0 bridgehead atoms. The van der Waals surface area contributed by atoms with Gasteiger partial charge in [-0.3, -0.25) is 0 Å². The lowest BCUT2D eigenvalue weighted by molar-refractivity contribution is -0.198. The van der Waals surface area contributed by atoms with Gasteiger partial charge in [-0.05, 0) is 25.8 Å². The summed E-state index contributed by atoms with van der Waals surface area (Å²) < 4.78 is 52.8. The highest BCUT2D eigenvalue weighted by Crippen LogP contribution is 2.41. The molecule has 2 aliphatic rings. The van der Waals surface area contributed by atoms with Crippen LogP contribution in [0.15, 0.2) is 0 Å². The predicted octanol–water partition coefficient (Wildman–Crippen LogP) is -4.99. The maximum absolute atomic E-state index is 10.4. The van der Waals surface area contributed by atoms with E-state index in [2.05, 4.69) is 0 Å². The summed E-state index contributed by atoms with van der Waals surface area (Å²) in [4.78, 5) is 20.2. The normalized spacial score (nSPS) is 31.6. The van der Waals surface area contributed by atoms with E-state index in [1.807, 2.05) is 0 Å². The van der Waals surface area contributed by atoms with Gasteiger partial charge in [0.25, 0.3) is 0 Å². The number of unbranched alkanes of at least 4 members (excludes halogenated alkanes) is 2. The van der Waals surface area contributed by atoms with Gasteiger partial charge in [-0.15, -0.1) is 0 Å². The predicted molar refractivity (Wildman–Crippen MR) is 171 cm³/mol. The third kappa shape index (κ3) is 15.2. The first-order valence-corrected chi connectivity index (χ1v) is 18.4. The van der Waals surface area contributed by atoms with E-state index in [0.717, 1.165) is 12.8 Å². The highest BCUT2D eigenvalue weighted by molar-refractivity contribution is 7.40. The highest BCUT2D eigenvalue weighted by Gasteiger charge is 2.49. The Morgan fingerprint density at radius 3 is 1.63 bits per heavy atom. The van der Waals surface area contributed by atoms with Crippen LogP contribution in [0, 0.1) is 0 Å². The molecular weight excluding hydrogens is 736 g/mol. The first-order valence-electron chi connectivity index (χ1n) is 16.1. The first-order chi connectivity index (χ1) is 24.3. The summed E-state index contributed by atoms with van der Waals surface area (Å²) in [6.07, 6.45) is -17.3. The molecule has 0 spiro atoms. The van der Waals surface area contributed by atoms with Gasteiger partial charge in [-0.1, -0.05) is 0 Å². The summed E-state index contributed by atoms with van der Waals surface area (Å²) in [5.41, 5.74) is 5.41. The van der Waals surface area contributed by atoms with Crippen LogP contribution in [0.5, 0.6) is 0 Å². The monoisotopic (exact) mass is 791 g/mol. The number of aliphatic hydroxyl groups is 9. The lowest BCUT2D eigenvalue weighted by Gasteiger charge is -2.27. The Labute approximate surface area is 297 Å². The minimum Gasteiger partial charge on any atom is -0.394 e. The standard InChI is InChI=1S/C27H55NO21P2/c1-40-24-22(37)18(8-29)47-26(24)42-10-14(31)21(36)17(34)13-46-51(39)49-23-19(9-30)48-27(25(23)41-2)43-11-15(32)20(35)16(33)12-45-50(38)44-7-5-3-4-6-28/h14-27,29-39H,3-13,28H2,1-2H3. The average Bonchev–Trinajstić information content (AvgIpc) is 3.63. The van der Waals surface area contributed by atoms with Crippen LogP contribution in [0.2, 0.25) is 0 Å². The third-order valence-corrected chi connectivity index (χ3v) is 9.45. The van der Waals surface area contributed by atoms with Crippen molar-refractivity contribution >= 4 is 17.2 Å². The maximum Gasteiger partial charge on any atom is 0.330 e. The van der Waals surface area contributed by atoms with Gasteiger partial charge >= 0.3 is 17.2 Å². The van der Waals surface area contributed by atoms with E-state index < -0.39 is 143 Å². The fourth-order valence-electron chi connectivity index (χ4n) is 4.90. The van der Waals surface area contributed by atoms with Crippen molar-refractivity contribution in [2.75, 3.05) is 67.0 Å². The van der Waals surface area contributed by atoms with Crippen molar-refractivity contribution in [1.82, 2.24) is 0 Å². The Morgan fingerprint density at radius 2 is 1.12 bits per heavy atom. The van der Waals surface area contributed by atoms with Crippen LogP contribution < -0.4 is 5.73 Å². The lowest BCUT2D eigenvalue weighted by atomic mass is 10.1. The molecule has 304 valence electrons. The Balaban J connectivity index is 1.78. The van der Waals surface area contributed by atoms with Gasteiger partial charge in [0.15, 0.2) is 12.6 Å². The van der Waals surface area contributed by atoms with Crippen molar-refractivity contribution in [3.05, 3.63) is 0 Å². The Hall–Kier alpha value is -0.0200. The van der Waals surface area contributed by atoms with Gasteiger partial charge in [0.1, 0.15) is 73.2 Å². The summed E-state index contributed by atoms with van der Waals surface area (Å²) in [5, 5.41) is 90.8. The largest absolute Gasteiger partial charge is 0.394 e. The number of hydrogen-bond acceptors (Lipinski definition) is 22. The van der Waals surface area contributed by atoms with E-state index in [1.165, 1.54) is 14.2 Å². The fourth-order valence-corrected chi connectivity index (χ4v) is 6.34. The fraction of sp³-hybridized carbons (Fsp3) is 1.00. The van der Waals surface area contributed by atoms with Crippen molar-refractivity contribution in [3.8, 4) is 0 Å². The summed E-state index contributed by atoms with van der Waals surface area (Å²) in [5.74, 6) is 0. The molecule has 0 aromatic carbocycles. The Morgan fingerprint density at radius 1 is 0.627 bits per heavy atom. The van der Waals surface area contributed by atoms with Crippen LogP contribution >= 0.6 is 17.2 Å². The topological polar surface area (TPSA) is 341 Å². The van der Waals surface area contributed by atoms with Gasteiger partial charge in [0.2, 0.25) is 0 Å². The van der Waals surface area contributed by atoms with E-state index in [1.54, 1.807) is 0 Å². The average molecular weight is 792 g/mol. The molecule has 16 atom stereocenters. The number of ether oxygens (including phenoxy) is 6. The molecule has 22 nitrogen and oxygen atoms in total. The molecule has 0 aromatic heterocycles. The van der Waals surface area contributed by atoms with E-state index in [0.29, 0.717) is 13.0 Å². The SMILES string of the molecule is COC1C(OCC(O)C(O)C(O)COP(O)OC2C(CO)OC(OCC(O)C(O)C(O)COP(O)OCCCCCN)C2OC)OC(CO)C1O. The van der Waals surface area contributed by atoms with E-state index in [-0.39, 0.29) is 6.61 Å². The second-order valence-electron chi connectivity index (χ2n) is 11.6. The van der Waals surface area contributed by atoms with Gasteiger partial charge in [-0.25, -0.2) is 0 Å². The second-order valence-corrected chi connectivity index (χ2v) is 13.5. The zero-order valence-electron chi connectivity index (χ0n) is 28.3. The minimum atomic E-state index is -2.81. The van der Waals surface area contributed by atoms with Crippen molar-refractivity contribution in [3.63, 3.8) is 0 Å². The molecule has 0 amide bonds. The van der Waals surface area contributed by atoms with E-state index >= 15 is 0 Å². The summed E-state index contributed by atoms with van der Waals surface area (Å²) >= 11 is 0. The first kappa shape index (κ1) is 47.1. The molecule has 0 radical (unpaired) electrons. The summed E-state index contributed by atoms with van der Waals surface area (Å²) in [6, 6.07) is 0. The van der Waals surface area contributed by atoms with Crippen molar-refractivity contribution in [2.45, 2.75) is 105 Å². The van der Waals surface area contributed by atoms with Crippen LogP contribution in [0.4, 0.5) is 0 Å². The molecule has 2 rings (SSSR count).